The van der Waals surface area contributed by atoms with Gasteiger partial charge in [-0.05, 0) is 13.0 Å². The molecule has 134 valence electrons. The van der Waals surface area contributed by atoms with Gasteiger partial charge in [0.15, 0.2) is 16.6 Å². The van der Waals surface area contributed by atoms with Crippen molar-refractivity contribution in [1.82, 2.24) is 5.32 Å². The minimum absolute atomic E-state index is 0.0208. The number of hydrogen-bond acceptors (Lipinski definition) is 7. The van der Waals surface area contributed by atoms with Crippen molar-refractivity contribution in [2.45, 2.75) is 32.9 Å². The number of furan rings is 1. The molecule has 0 unspecified atom stereocenters. The maximum atomic E-state index is 12.3. The number of phenolic OH excluding ortho intramolecular Hbond substituents is 1. The number of aromatic hydroxyl groups is 1. The van der Waals surface area contributed by atoms with E-state index in [-0.39, 0.29) is 46.1 Å². The summed E-state index contributed by atoms with van der Waals surface area (Å²) in [6.07, 6.45) is 0.636. The van der Waals surface area contributed by atoms with Crippen LogP contribution in [0.4, 0.5) is 0 Å². The zero-order valence-corrected chi connectivity index (χ0v) is 14.3. The lowest BCUT2D eigenvalue weighted by Crippen LogP contribution is -2.35. The summed E-state index contributed by atoms with van der Waals surface area (Å²) in [6.45, 7) is 5.93. The summed E-state index contributed by atoms with van der Waals surface area (Å²) < 4.78 is 16.7. The maximum Gasteiger partial charge on any atom is 0.206 e. The third-order valence-electron chi connectivity index (χ3n) is 3.82. The van der Waals surface area contributed by atoms with Gasteiger partial charge in [0.1, 0.15) is 29.6 Å². The minimum Gasteiger partial charge on any atom is -0.506 e. The fraction of sp³-hybridized carbons (Fsp3) is 0.389. The second-order valence-electron chi connectivity index (χ2n) is 6.29. The van der Waals surface area contributed by atoms with E-state index in [1.807, 2.05) is 13.8 Å². The SMILES string of the molecule is Cc1cc(=O)c2c(O)c3ccoc3c(OC[C@H](O)CNC(C)C)c2o1. The number of fused-ring (bicyclic) bond motifs is 2. The molecule has 0 saturated heterocycles. The highest BCUT2D eigenvalue weighted by molar-refractivity contribution is 6.06. The lowest BCUT2D eigenvalue weighted by atomic mass is 10.1. The zero-order chi connectivity index (χ0) is 18.1. The summed E-state index contributed by atoms with van der Waals surface area (Å²) >= 11 is 0. The molecule has 3 rings (SSSR count). The van der Waals surface area contributed by atoms with E-state index in [0.29, 0.717) is 17.7 Å². The van der Waals surface area contributed by atoms with Crippen LogP contribution in [0.5, 0.6) is 11.5 Å². The van der Waals surface area contributed by atoms with E-state index < -0.39 is 6.10 Å². The smallest absolute Gasteiger partial charge is 0.206 e. The molecule has 0 aliphatic heterocycles. The molecule has 2 heterocycles. The number of benzene rings is 1. The molecule has 3 aromatic rings. The molecule has 7 nitrogen and oxygen atoms in total. The van der Waals surface area contributed by atoms with Gasteiger partial charge in [-0.1, -0.05) is 13.8 Å². The van der Waals surface area contributed by atoms with Gasteiger partial charge in [-0.3, -0.25) is 4.79 Å². The second-order valence-corrected chi connectivity index (χ2v) is 6.29. The Morgan fingerprint density at radius 1 is 1.32 bits per heavy atom. The first-order valence-electron chi connectivity index (χ1n) is 8.09. The Morgan fingerprint density at radius 2 is 2.08 bits per heavy atom. The van der Waals surface area contributed by atoms with Gasteiger partial charge < -0.3 is 29.1 Å². The highest BCUT2D eigenvalue weighted by Crippen LogP contribution is 2.41. The van der Waals surface area contributed by atoms with Crippen molar-refractivity contribution in [3.05, 3.63) is 34.4 Å². The van der Waals surface area contributed by atoms with E-state index in [9.17, 15) is 15.0 Å². The third kappa shape index (κ3) is 3.33. The van der Waals surface area contributed by atoms with E-state index in [0.717, 1.165) is 0 Å². The molecule has 0 aliphatic rings. The van der Waals surface area contributed by atoms with Crippen LogP contribution in [0, 0.1) is 6.92 Å². The number of ether oxygens (including phenoxy) is 1. The average molecular weight is 347 g/mol. The first-order valence-corrected chi connectivity index (χ1v) is 8.09. The van der Waals surface area contributed by atoms with Crippen LogP contribution >= 0.6 is 0 Å². The van der Waals surface area contributed by atoms with E-state index in [1.54, 1.807) is 13.0 Å². The Bertz CT molecular complexity index is 955. The molecule has 0 radical (unpaired) electrons. The maximum absolute atomic E-state index is 12.3. The molecule has 1 atom stereocenters. The Kier molecular flexibility index (Phi) is 4.69. The lowest BCUT2D eigenvalue weighted by Gasteiger charge is -2.16. The Morgan fingerprint density at radius 3 is 2.80 bits per heavy atom. The van der Waals surface area contributed by atoms with Crippen molar-refractivity contribution in [1.29, 1.82) is 0 Å². The van der Waals surface area contributed by atoms with E-state index >= 15 is 0 Å². The number of aryl methyl sites for hydroxylation is 1. The van der Waals surface area contributed by atoms with Gasteiger partial charge >= 0.3 is 0 Å². The summed E-state index contributed by atoms with van der Waals surface area (Å²) in [4.78, 5) is 12.3. The fourth-order valence-corrected chi connectivity index (χ4v) is 2.64. The zero-order valence-electron chi connectivity index (χ0n) is 14.3. The molecule has 25 heavy (non-hydrogen) atoms. The number of phenols is 1. The van der Waals surface area contributed by atoms with Gasteiger partial charge in [0, 0.05) is 18.7 Å². The van der Waals surface area contributed by atoms with Crippen molar-refractivity contribution >= 4 is 21.9 Å². The Hall–Kier alpha value is -2.51. The predicted molar refractivity (Wildman–Crippen MR) is 93.3 cm³/mol. The second kappa shape index (κ2) is 6.78. The molecular weight excluding hydrogens is 326 g/mol. The standard InChI is InChI=1S/C18H21NO6/c1-9(2)19-7-11(20)8-24-18-16-12(4-5-23-16)15(22)14-13(21)6-10(3)25-17(14)18/h4-6,9,11,19-20,22H,7-8H2,1-3H3/t11-/m1/s1. The number of aliphatic hydroxyl groups excluding tert-OH is 1. The predicted octanol–water partition coefficient (Wildman–Crippen LogP) is 2.29. The van der Waals surface area contributed by atoms with Gasteiger partial charge in [-0.25, -0.2) is 0 Å². The van der Waals surface area contributed by atoms with Crippen LogP contribution in [0.25, 0.3) is 21.9 Å². The van der Waals surface area contributed by atoms with Crippen LogP contribution in [0.3, 0.4) is 0 Å². The van der Waals surface area contributed by atoms with Gasteiger partial charge in [0.25, 0.3) is 0 Å². The summed E-state index contributed by atoms with van der Waals surface area (Å²) in [5.41, 5.74) is 0.00274. The number of nitrogens with one attached hydrogen (secondary N) is 1. The Labute approximate surface area is 143 Å². The first-order chi connectivity index (χ1) is 11.9. The molecule has 2 aromatic heterocycles. The molecular formula is C18H21NO6. The average Bonchev–Trinajstić information content (AvgIpc) is 3.01. The van der Waals surface area contributed by atoms with Gasteiger partial charge in [-0.2, -0.15) is 0 Å². The Balaban J connectivity index is 2.04. The fourth-order valence-electron chi connectivity index (χ4n) is 2.64. The molecule has 7 heteroatoms. The van der Waals surface area contributed by atoms with Crippen molar-refractivity contribution in [3.8, 4) is 11.5 Å². The molecule has 0 bridgehead atoms. The molecule has 0 fully saturated rings. The number of hydrogen-bond donors (Lipinski definition) is 3. The van der Waals surface area contributed by atoms with Crippen molar-refractivity contribution in [2.75, 3.05) is 13.2 Å². The van der Waals surface area contributed by atoms with Gasteiger partial charge in [0.2, 0.25) is 5.75 Å². The van der Waals surface area contributed by atoms with Crippen LogP contribution in [0.2, 0.25) is 0 Å². The van der Waals surface area contributed by atoms with Crippen LogP contribution in [-0.2, 0) is 0 Å². The number of rotatable bonds is 6. The largest absolute Gasteiger partial charge is 0.506 e. The van der Waals surface area contributed by atoms with Crippen molar-refractivity contribution in [2.24, 2.45) is 0 Å². The molecule has 0 saturated carbocycles. The summed E-state index contributed by atoms with van der Waals surface area (Å²) in [5.74, 6) is 0.369. The van der Waals surface area contributed by atoms with Gasteiger partial charge in [0.05, 0.1) is 11.6 Å². The molecule has 0 amide bonds. The van der Waals surface area contributed by atoms with Crippen LogP contribution in [0.15, 0.2) is 32.0 Å². The van der Waals surface area contributed by atoms with Crippen LogP contribution in [-0.4, -0.2) is 35.5 Å². The van der Waals surface area contributed by atoms with Crippen molar-refractivity contribution in [3.63, 3.8) is 0 Å². The molecule has 0 spiro atoms. The summed E-state index contributed by atoms with van der Waals surface area (Å²) in [5, 5.41) is 23.9. The van der Waals surface area contributed by atoms with Crippen LogP contribution in [0.1, 0.15) is 19.6 Å². The quantitative estimate of drug-likeness (QED) is 0.628. The topological polar surface area (TPSA) is 105 Å². The molecule has 0 aliphatic carbocycles. The highest BCUT2D eigenvalue weighted by atomic mass is 16.5. The lowest BCUT2D eigenvalue weighted by molar-refractivity contribution is 0.105. The van der Waals surface area contributed by atoms with Crippen LogP contribution < -0.4 is 15.5 Å². The van der Waals surface area contributed by atoms with E-state index in [1.165, 1.54) is 12.3 Å². The monoisotopic (exact) mass is 347 g/mol. The first kappa shape index (κ1) is 17.3. The van der Waals surface area contributed by atoms with E-state index in [2.05, 4.69) is 5.32 Å². The number of aliphatic hydroxyl groups is 1. The van der Waals surface area contributed by atoms with E-state index in [4.69, 9.17) is 13.6 Å². The minimum atomic E-state index is -0.757. The van der Waals surface area contributed by atoms with Crippen molar-refractivity contribution < 1.29 is 23.8 Å². The third-order valence-corrected chi connectivity index (χ3v) is 3.82. The van der Waals surface area contributed by atoms with Gasteiger partial charge in [-0.15, -0.1) is 0 Å². The molecule has 1 aromatic carbocycles. The molecule has 3 N–H and O–H groups in total. The highest BCUT2D eigenvalue weighted by Gasteiger charge is 2.22. The normalized spacial score (nSPS) is 13.0. The summed E-state index contributed by atoms with van der Waals surface area (Å²) in [6, 6.07) is 3.09. The summed E-state index contributed by atoms with van der Waals surface area (Å²) in [7, 11) is 0.